The number of allylic oxidation sites excluding steroid dienone is 6. The molecule has 188 valence electrons. The van der Waals surface area contributed by atoms with Crippen molar-refractivity contribution >= 4 is 23.4 Å². The molecule has 1 fully saturated rings. The van der Waals surface area contributed by atoms with Gasteiger partial charge in [-0.1, -0.05) is 31.3 Å². The lowest BCUT2D eigenvalue weighted by atomic mass is 10.0. The van der Waals surface area contributed by atoms with Gasteiger partial charge in [0.15, 0.2) is 12.8 Å². The first kappa shape index (κ1) is 29.1. The predicted molar refractivity (Wildman–Crippen MR) is 124 cm³/mol. The summed E-state index contributed by atoms with van der Waals surface area (Å²) in [5.41, 5.74) is 1.36. The van der Waals surface area contributed by atoms with Gasteiger partial charge in [0.05, 0.1) is 11.3 Å². The van der Waals surface area contributed by atoms with Crippen LogP contribution in [0.2, 0.25) is 0 Å². The monoisotopic (exact) mass is 503 g/mol. The molecule has 1 saturated heterocycles. The van der Waals surface area contributed by atoms with Gasteiger partial charge >= 0.3 is 6.61 Å². The first-order valence-electron chi connectivity index (χ1n) is 10.4. The van der Waals surface area contributed by atoms with Crippen LogP contribution in [0.3, 0.4) is 0 Å². The van der Waals surface area contributed by atoms with Crippen molar-refractivity contribution in [2.45, 2.75) is 51.4 Å². The van der Waals surface area contributed by atoms with Crippen LogP contribution in [0.25, 0.3) is 0 Å². The van der Waals surface area contributed by atoms with Gasteiger partial charge in [0.25, 0.3) is 5.91 Å². The van der Waals surface area contributed by atoms with E-state index in [0.717, 1.165) is 19.1 Å². The third kappa shape index (κ3) is 12.9. The molecule has 0 saturated carbocycles. The number of alkyl halides is 2. The topological polar surface area (TPSA) is 88.7 Å². The fourth-order valence-corrected chi connectivity index (χ4v) is 2.75. The van der Waals surface area contributed by atoms with E-state index in [9.17, 15) is 22.8 Å². The maximum Gasteiger partial charge on any atom is 0.347 e. The van der Waals surface area contributed by atoms with Gasteiger partial charge < -0.3 is 20.7 Å². The van der Waals surface area contributed by atoms with Crippen LogP contribution in [-0.2, 0) is 19.1 Å². The number of nitrogens with one attached hydrogen (secondary N) is 3. The molecule has 1 atom stereocenters. The summed E-state index contributed by atoms with van der Waals surface area (Å²) in [6, 6.07) is 0. The van der Waals surface area contributed by atoms with Crippen molar-refractivity contribution in [3.05, 3.63) is 72.2 Å². The molecule has 7 nitrogen and oxygen atoms in total. The summed E-state index contributed by atoms with van der Waals surface area (Å²) in [6.45, 7) is 7.20. The van der Waals surface area contributed by atoms with Crippen LogP contribution in [-0.4, -0.2) is 31.3 Å². The van der Waals surface area contributed by atoms with E-state index >= 15 is 0 Å². The minimum Gasteiger partial charge on any atom is -0.491 e. The number of carbonyl (C=O) groups is 2. The van der Waals surface area contributed by atoms with E-state index in [1.807, 2.05) is 0 Å². The first-order valence-corrected chi connectivity index (χ1v) is 10.8. The van der Waals surface area contributed by atoms with Crippen molar-refractivity contribution in [1.29, 1.82) is 0 Å². The van der Waals surface area contributed by atoms with Crippen molar-refractivity contribution in [3.63, 3.8) is 0 Å². The number of halogens is 4. The minimum absolute atomic E-state index is 0.0315. The van der Waals surface area contributed by atoms with Crippen LogP contribution in [0.1, 0.15) is 38.5 Å². The number of ether oxygens (including phenoxy) is 2. The van der Waals surface area contributed by atoms with Crippen molar-refractivity contribution in [1.82, 2.24) is 16.0 Å². The fraction of sp³-hybridized carbons (Fsp3) is 0.391. The normalized spacial score (nSPS) is 18.3. The lowest BCUT2D eigenvalue weighted by Gasteiger charge is -2.26. The maximum absolute atomic E-state index is 12.6. The van der Waals surface area contributed by atoms with Gasteiger partial charge in [-0.05, 0) is 49.8 Å². The predicted octanol–water partition coefficient (Wildman–Crippen LogP) is 4.78. The van der Waals surface area contributed by atoms with Gasteiger partial charge in [0.2, 0.25) is 5.91 Å². The summed E-state index contributed by atoms with van der Waals surface area (Å²) in [4.78, 5) is 23.9. The van der Waals surface area contributed by atoms with E-state index in [0.29, 0.717) is 29.8 Å². The van der Waals surface area contributed by atoms with Gasteiger partial charge in [-0.25, -0.2) is 4.39 Å². The Balaban J connectivity index is 2.39. The number of hydrogen-bond donors (Lipinski definition) is 3. The van der Waals surface area contributed by atoms with E-state index in [1.165, 1.54) is 18.4 Å². The van der Waals surface area contributed by atoms with Crippen LogP contribution in [0.15, 0.2) is 72.2 Å². The summed E-state index contributed by atoms with van der Waals surface area (Å²) in [5, 5.41) is 7.73. The molecule has 0 aromatic rings. The highest BCUT2D eigenvalue weighted by Crippen LogP contribution is 2.21. The smallest absolute Gasteiger partial charge is 0.347 e. The summed E-state index contributed by atoms with van der Waals surface area (Å²) in [7, 11) is 0. The molecule has 0 aliphatic carbocycles. The quantitative estimate of drug-likeness (QED) is 0.203. The molecule has 0 spiro atoms. The van der Waals surface area contributed by atoms with Gasteiger partial charge in [-0.2, -0.15) is 8.78 Å². The first-order chi connectivity index (χ1) is 16.1. The average Bonchev–Trinajstić information content (AvgIpc) is 2.75. The van der Waals surface area contributed by atoms with Gasteiger partial charge in [-0.3, -0.25) is 14.3 Å². The lowest BCUT2D eigenvalue weighted by molar-refractivity contribution is -0.159. The molecule has 1 unspecified atom stereocenters. The highest BCUT2D eigenvalue weighted by Gasteiger charge is 2.21. The maximum atomic E-state index is 12.6. The highest BCUT2D eigenvalue weighted by molar-refractivity contribution is 6.31. The molecule has 2 amide bonds. The Morgan fingerprint density at radius 3 is 2.59 bits per heavy atom. The molecule has 11 heteroatoms. The van der Waals surface area contributed by atoms with E-state index in [1.54, 1.807) is 0 Å². The van der Waals surface area contributed by atoms with E-state index in [2.05, 4.69) is 40.4 Å². The second-order valence-corrected chi connectivity index (χ2v) is 7.64. The van der Waals surface area contributed by atoms with Crippen LogP contribution in [0.4, 0.5) is 13.2 Å². The molecular weight excluding hydrogens is 475 g/mol. The van der Waals surface area contributed by atoms with Crippen molar-refractivity contribution < 1.29 is 32.2 Å². The number of rotatable bonds is 12. The molecule has 0 bridgehead atoms. The standard InChI is InChI=1S/C23H29ClF3N3O4/c1-15-7-4-5-8-18(30-22(15)34-23(26)27)13-28-20(31)11-10-16(2)29-21(32)14-33-12-6-9-19(24)17(3)25/h6,9,12-13,22-23,30H,1-5,7-8,10-11,14H2,(H,28,31)(H,29,32)/b12-6+,18-13-,19-9+. The van der Waals surface area contributed by atoms with Gasteiger partial charge in [-0.15, -0.1) is 0 Å². The molecule has 1 aliphatic rings. The molecular formula is C23H29ClF3N3O4. The van der Waals surface area contributed by atoms with Crippen molar-refractivity contribution in [2.75, 3.05) is 6.61 Å². The second kappa shape index (κ2) is 15.8. The molecule has 1 aliphatic heterocycles. The lowest BCUT2D eigenvalue weighted by Crippen LogP contribution is -2.36. The van der Waals surface area contributed by atoms with Gasteiger partial charge in [0, 0.05) is 24.0 Å². The Morgan fingerprint density at radius 2 is 1.91 bits per heavy atom. The highest BCUT2D eigenvalue weighted by atomic mass is 35.5. The molecule has 0 aromatic carbocycles. The molecule has 0 radical (unpaired) electrons. The SMILES string of the molecule is C=C(CCC(=O)N/C=C1/CCCCC(=C)C(OC(F)F)N1)NC(=O)CO/C=C/C=C(/Cl)C(=C)F. The number of amides is 2. The van der Waals surface area contributed by atoms with Crippen LogP contribution < -0.4 is 16.0 Å². The zero-order valence-corrected chi connectivity index (χ0v) is 19.4. The average molecular weight is 504 g/mol. The zero-order chi connectivity index (χ0) is 25.5. The van der Waals surface area contributed by atoms with Crippen LogP contribution in [0, 0.1) is 0 Å². The summed E-state index contributed by atoms with van der Waals surface area (Å²) in [5.74, 6) is -1.64. The second-order valence-electron chi connectivity index (χ2n) is 7.23. The largest absolute Gasteiger partial charge is 0.491 e. The van der Waals surface area contributed by atoms with Crippen molar-refractivity contribution in [2.24, 2.45) is 0 Å². The Morgan fingerprint density at radius 1 is 1.21 bits per heavy atom. The van der Waals surface area contributed by atoms with E-state index in [4.69, 9.17) is 16.3 Å². The van der Waals surface area contributed by atoms with Gasteiger partial charge in [0.1, 0.15) is 5.83 Å². The van der Waals surface area contributed by atoms with Crippen molar-refractivity contribution in [3.8, 4) is 0 Å². The molecule has 1 rings (SSSR count). The Labute approximate surface area is 202 Å². The molecule has 0 aromatic heterocycles. The Kier molecular flexibility index (Phi) is 13.5. The zero-order valence-electron chi connectivity index (χ0n) is 18.7. The Bertz CT molecular complexity index is 856. The van der Waals surface area contributed by atoms with Crippen LogP contribution >= 0.6 is 11.6 Å². The van der Waals surface area contributed by atoms with Crippen LogP contribution in [0.5, 0.6) is 0 Å². The summed E-state index contributed by atoms with van der Waals surface area (Å²) in [6.07, 6.45) is 6.95. The molecule has 34 heavy (non-hydrogen) atoms. The minimum atomic E-state index is -2.95. The Hall–Kier alpha value is -2.98. The number of hydrogen-bond acceptors (Lipinski definition) is 5. The third-order valence-electron chi connectivity index (χ3n) is 4.39. The number of carbonyl (C=O) groups excluding carboxylic acids is 2. The summed E-state index contributed by atoms with van der Waals surface area (Å²) < 4.78 is 47.4. The third-order valence-corrected chi connectivity index (χ3v) is 4.72. The molecule has 3 N–H and O–H groups in total. The van der Waals surface area contributed by atoms with E-state index < -0.39 is 24.6 Å². The summed E-state index contributed by atoms with van der Waals surface area (Å²) >= 11 is 5.51. The van der Waals surface area contributed by atoms with E-state index in [-0.39, 0.29) is 30.4 Å². The molecule has 1 heterocycles. The fourth-order valence-electron chi connectivity index (χ4n) is 2.68.